The maximum atomic E-state index is 12.9. The van der Waals surface area contributed by atoms with Gasteiger partial charge in [-0.1, -0.05) is 25.4 Å². The number of amides is 1. The predicted octanol–water partition coefficient (Wildman–Crippen LogP) is 3.27. The summed E-state index contributed by atoms with van der Waals surface area (Å²) >= 11 is 6.30. The van der Waals surface area contributed by atoms with E-state index in [-0.39, 0.29) is 40.8 Å². The average molecular weight is 421 g/mol. The first-order valence-corrected chi connectivity index (χ1v) is 10.4. The fourth-order valence-electron chi connectivity index (χ4n) is 3.88. The third-order valence-corrected chi connectivity index (χ3v) is 6.45. The molecule has 1 aromatic heterocycles. The summed E-state index contributed by atoms with van der Waals surface area (Å²) in [5.74, 6) is -0.411. The molecule has 0 radical (unpaired) electrons. The second-order valence-electron chi connectivity index (χ2n) is 9.01. The third-order valence-electron chi connectivity index (χ3n) is 6.14. The topological polar surface area (TPSA) is 91.6 Å². The summed E-state index contributed by atoms with van der Waals surface area (Å²) in [6.07, 6.45) is 4.63. The second kappa shape index (κ2) is 8.09. The molecule has 1 saturated carbocycles. The van der Waals surface area contributed by atoms with E-state index in [1.165, 1.54) is 10.6 Å². The Bertz CT molecular complexity index is 973. The van der Waals surface area contributed by atoms with Crippen molar-refractivity contribution in [2.24, 2.45) is 5.41 Å². The van der Waals surface area contributed by atoms with E-state index >= 15 is 0 Å². The minimum absolute atomic E-state index is 0.146. The summed E-state index contributed by atoms with van der Waals surface area (Å²) in [6.45, 7) is 6.09. The van der Waals surface area contributed by atoms with Crippen LogP contribution >= 0.6 is 11.6 Å². The van der Waals surface area contributed by atoms with Crippen molar-refractivity contribution >= 4 is 28.3 Å². The molecule has 3 rings (SSSR count). The molecule has 1 unspecified atom stereocenters. The molecule has 7 heteroatoms. The van der Waals surface area contributed by atoms with Crippen LogP contribution in [0.25, 0.3) is 10.8 Å². The molecular weight excluding hydrogens is 392 g/mol. The molecule has 2 aromatic rings. The van der Waals surface area contributed by atoms with Gasteiger partial charge in [0.25, 0.3) is 11.5 Å². The number of carbonyl (C=O) groups is 1. The Morgan fingerprint density at radius 3 is 2.48 bits per heavy atom. The van der Waals surface area contributed by atoms with Gasteiger partial charge in [-0.2, -0.15) is 0 Å². The Morgan fingerprint density at radius 1 is 1.21 bits per heavy atom. The van der Waals surface area contributed by atoms with E-state index in [1.54, 1.807) is 25.3 Å². The molecule has 1 aliphatic rings. The van der Waals surface area contributed by atoms with Crippen LogP contribution in [-0.4, -0.2) is 39.4 Å². The number of carbonyl (C=O) groups excluding carboxylic acids is 1. The van der Waals surface area contributed by atoms with Crippen molar-refractivity contribution in [3.8, 4) is 0 Å². The lowest BCUT2D eigenvalue weighted by Gasteiger charge is -2.40. The second-order valence-corrected chi connectivity index (χ2v) is 9.42. The van der Waals surface area contributed by atoms with Crippen LogP contribution in [0.5, 0.6) is 0 Å². The molecule has 0 bridgehead atoms. The monoisotopic (exact) mass is 420 g/mol. The Balaban J connectivity index is 1.87. The van der Waals surface area contributed by atoms with Gasteiger partial charge in [-0.3, -0.25) is 9.59 Å². The standard InChI is InChI=1S/C22H29ClN2O4/c1-14(12-26)25-11-6-15-16(20(25)28)4-5-17(23)18(15)19(27)24-13-22(29)9-7-21(2,3)8-10-22/h4-6,11,14,26,29H,7-10,12-13H2,1-3H3,(H,24,27). The number of aromatic nitrogens is 1. The third kappa shape index (κ3) is 4.49. The first-order valence-electron chi connectivity index (χ1n) is 10.0. The lowest BCUT2D eigenvalue weighted by atomic mass is 9.71. The summed E-state index contributed by atoms with van der Waals surface area (Å²) in [5, 5.41) is 24.1. The Kier molecular flexibility index (Phi) is 6.08. The molecular formula is C22H29ClN2O4. The van der Waals surface area contributed by atoms with Crippen molar-refractivity contribution in [2.45, 2.75) is 58.1 Å². The summed E-state index contributed by atoms with van der Waals surface area (Å²) in [5.41, 5.74) is -0.778. The van der Waals surface area contributed by atoms with Gasteiger partial charge in [-0.15, -0.1) is 0 Å². The number of rotatable bonds is 5. The smallest absolute Gasteiger partial charge is 0.258 e. The number of fused-ring (bicyclic) bond motifs is 1. The Morgan fingerprint density at radius 2 is 1.86 bits per heavy atom. The number of nitrogens with zero attached hydrogens (tertiary/aromatic N) is 1. The van der Waals surface area contributed by atoms with Crippen molar-refractivity contribution in [1.82, 2.24) is 9.88 Å². The molecule has 0 saturated heterocycles. The van der Waals surface area contributed by atoms with Crippen LogP contribution in [0.2, 0.25) is 5.02 Å². The van der Waals surface area contributed by atoms with Crippen molar-refractivity contribution in [2.75, 3.05) is 13.2 Å². The van der Waals surface area contributed by atoms with Gasteiger partial charge in [-0.25, -0.2) is 0 Å². The van der Waals surface area contributed by atoms with Gasteiger partial charge in [0, 0.05) is 23.5 Å². The zero-order chi connectivity index (χ0) is 21.4. The first-order chi connectivity index (χ1) is 13.6. The zero-order valence-electron chi connectivity index (χ0n) is 17.2. The minimum Gasteiger partial charge on any atom is -0.394 e. The van der Waals surface area contributed by atoms with Crippen LogP contribution in [-0.2, 0) is 0 Å². The van der Waals surface area contributed by atoms with Gasteiger partial charge in [-0.05, 0) is 56.2 Å². The van der Waals surface area contributed by atoms with Gasteiger partial charge in [0.2, 0.25) is 0 Å². The SMILES string of the molecule is CC(CO)n1ccc2c(C(=O)NCC3(O)CCC(C)(C)CC3)c(Cl)ccc2c1=O. The number of hydrogen-bond acceptors (Lipinski definition) is 4. The van der Waals surface area contributed by atoms with E-state index in [9.17, 15) is 19.8 Å². The fraction of sp³-hybridized carbons (Fsp3) is 0.545. The number of aliphatic hydroxyl groups is 2. The highest BCUT2D eigenvalue weighted by atomic mass is 35.5. The lowest BCUT2D eigenvalue weighted by Crippen LogP contribution is -2.46. The number of halogens is 1. The molecule has 0 aliphatic heterocycles. The van der Waals surface area contributed by atoms with Crippen LogP contribution in [0.15, 0.2) is 29.2 Å². The molecule has 158 valence electrons. The average Bonchev–Trinajstić information content (AvgIpc) is 2.68. The van der Waals surface area contributed by atoms with Crippen LogP contribution in [0, 0.1) is 5.41 Å². The fourth-order valence-corrected chi connectivity index (χ4v) is 4.13. The van der Waals surface area contributed by atoms with Gasteiger partial charge < -0.3 is 20.1 Å². The van der Waals surface area contributed by atoms with E-state index < -0.39 is 11.5 Å². The molecule has 6 nitrogen and oxygen atoms in total. The number of nitrogens with one attached hydrogen (secondary N) is 1. The molecule has 0 spiro atoms. The molecule has 1 aliphatic carbocycles. The van der Waals surface area contributed by atoms with Crippen molar-refractivity contribution in [3.63, 3.8) is 0 Å². The van der Waals surface area contributed by atoms with Gasteiger partial charge in [0.1, 0.15) is 0 Å². The van der Waals surface area contributed by atoms with E-state index in [1.807, 2.05) is 0 Å². The highest BCUT2D eigenvalue weighted by Gasteiger charge is 2.37. The van der Waals surface area contributed by atoms with E-state index in [2.05, 4.69) is 19.2 Å². The summed E-state index contributed by atoms with van der Waals surface area (Å²) in [7, 11) is 0. The number of pyridine rings is 1. The van der Waals surface area contributed by atoms with Crippen molar-refractivity contribution in [1.29, 1.82) is 0 Å². The largest absolute Gasteiger partial charge is 0.394 e. The number of benzene rings is 1. The van der Waals surface area contributed by atoms with Gasteiger partial charge in [0.05, 0.1) is 28.8 Å². The molecule has 3 N–H and O–H groups in total. The first kappa shape index (κ1) is 21.8. The maximum Gasteiger partial charge on any atom is 0.258 e. The van der Waals surface area contributed by atoms with E-state index in [0.29, 0.717) is 23.6 Å². The van der Waals surface area contributed by atoms with Gasteiger partial charge in [0.15, 0.2) is 0 Å². The van der Waals surface area contributed by atoms with Crippen LogP contribution in [0.3, 0.4) is 0 Å². The number of hydrogen-bond donors (Lipinski definition) is 3. The van der Waals surface area contributed by atoms with Gasteiger partial charge >= 0.3 is 0 Å². The molecule has 1 heterocycles. The Labute approximate surface area is 175 Å². The zero-order valence-corrected chi connectivity index (χ0v) is 17.9. The summed E-state index contributed by atoms with van der Waals surface area (Å²) in [6, 6.07) is 4.42. The van der Waals surface area contributed by atoms with Crippen molar-refractivity contribution < 1.29 is 15.0 Å². The van der Waals surface area contributed by atoms with Crippen LogP contribution in [0.1, 0.15) is 62.9 Å². The summed E-state index contributed by atoms with van der Waals surface area (Å²) < 4.78 is 1.43. The molecule has 1 aromatic carbocycles. The normalized spacial score (nSPS) is 19.1. The Hall–Kier alpha value is -1.89. The van der Waals surface area contributed by atoms with Crippen LogP contribution in [0.4, 0.5) is 0 Å². The van der Waals surface area contributed by atoms with Crippen LogP contribution < -0.4 is 10.9 Å². The molecule has 1 atom stereocenters. The molecule has 29 heavy (non-hydrogen) atoms. The number of aliphatic hydroxyl groups excluding tert-OH is 1. The lowest BCUT2D eigenvalue weighted by molar-refractivity contribution is -0.0233. The highest BCUT2D eigenvalue weighted by molar-refractivity contribution is 6.35. The quantitative estimate of drug-likeness (QED) is 0.692. The van der Waals surface area contributed by atoms with Crippen molar-refractivity contribution in [3.05, 3.63) is 45.3 Å². The minimum atomic E-state index is -0.925. The molecule has 1 fully saturated rings. The molecule has 1 amide bonds. The highest BCUT2D eigenvalue weighted by Crippen LogP contribution is 2.40. The van der Waals surface area contributed by atoms with E-state index in [0.717, 1.165) is 12.8 Å². The summed E-state index contributed by atoms with van der Waals surface area (Å²) in [4.78, 5) is 25.7. The van der Waals surface area contributed by atoms with E-state index in [4.69, 9.17) is 11.6 Å². The predicted molar refractivity (Wildman–Crippen MR) is 115 cm³/mol. The maximum absolute atomic E-state index is 12.9.